The average molecular weight is 225 g/mol. The van der Waals surface area contributed by atoms with Gasteiger partial charge in [-0.15, -0.1) is 0 Å². The Morgan fingerprint density at radius 3 is 2.31 bits per heavy atom. The lowest BCUT2D eigenvalue weighted by atomic mass is 9.76. The topological polar surface area (TPSA) is 50.1 Å². The van der Waals surface area contributed by atoms with Gasteiger partial charge >= 0.3 is 5.97 Å². The molecule has 0 aliphatic rings. The van der Waals surface area contributed by atoms with Crippen molar-refractivity contribution in [1.29, 1.82) is 5.26 Å². The quantitative estimate of drug-likeness (QED) is 0.533. The highest BCUT2D eigenvalue weighted by atomic mass is 16.5. The molecule has 0 saturated carbocycles. The van der Waals surface area contributed by atoms with Crippen LogP contribution < -0.4 is 0 Å². The highest BCUT2D eigenvalue weighted by Gasteiger charge is 2.32. The molecular formula is C13H23NO2. The second-order valence-electron chi connectivity index (χ2n) is 5.62. The molecule has 3 heteroatoms. The van der Waals surface area contributed by atoms with Crippen molar-refractivity contribution >= 4 is 5.97 Å². The zero-order valence-electron chi connectivity index (χ0n) is 11.0. The SMILES string of the molecule is CC(C)CC(C(=O)OCCC#N)C(C)(C)C. The van der Waals surface area contributed by atoms with E-state index in [1.165, 1.54) is 0 Å². The molecule has 0 spiro atoms. The third-order valence-electron chi connectivity index (χ3n) is 2.50. The Morgan fingerprint density at radius 2 is 1.94 bits per heavy atom. The van der Waals surface area contributed by atoms with Crippen molar-refractivity contribution in [2.45, 2.75) is 47.5 Å². The molecule has 16 heavy (non-hydrogen) atoms. The average Bonchev–Trinajstić information content (AvgIpc) is 2.12. The maximum atomic E-state index is 11.9. The predicted molar refractivity (Wildman–Crippen MR) is 63.6 cm³/mol. The minimum absolute atomic E-state index is 0.0893. The third kappa shape index (κ3) is 5.75. The molecule has 0 radical (unpaired) electrons. The first kappa shape index (κ1) is 15.0. The maximum Gasteiger partial charge on any atom is 0.309 e. The van der Waals surface area contributed by atoms with Gasteiger partial charge in [0.2, 0.25) is 0 Å². The smallest absolute Gasteiger partial charge is 0.309 e. The summed E-state index contributed by atoms with van der Waals surface area (Å²) in [6, 6.07) is 1.96. The van der Waals surface area contributed by atoms with Gasteiger partial charge in [-0.25, -0.2) is 0 Å². The highest BCUT2D eigenvalue weighted by Crippen LogP contribution is 2.32. The van der Waals surface area contributed by atoms with Gasteiger partial charge in [0, 0.05) is 0 Å². The van der Waals surface area contributed by atoms with Gasteiger partial charge in [0.25, 0.3) is 0 Å². The monoisotopic (exact) mass is 225 g/mol. The van der Waals surface area contributed by atoms with E-state index in [-0.39, 0.29) is 30.3 Å². The number of carbonyl (C=O) groups is 1. The summed E-state index contributed by atoms with van der Waals surface area (Å²) in [4.78, 5) is 11.9. The number of hydrogen-bond donors (Lipinski definition) is 0. The molecule has 0 heterocycles. The number of nitrogens with zero attached hydrogens (tertiary/aromatic N) is 1. The Morgan fingerprint density at radius 1 is 1.38 bits per heavy atom. The maximum absolute atomic E-state index is 11.9. The van der Waals surface area contributed by atoms with Crippen LogP contribution >= 0.6 is 0 Å². The standard InChI is InChI=1S/C13H23NO2/c1-10(2)9-11(13(3,4)5)12(15)16-8-6-7-14/h10-11H,6,8-9H2,1-5H3. The largest absolute Gasteiger partial charge is 0.464 e. The van der Waals surface area contributed by atoms with Crippen LogP contribution in [0.25, 0.3) is 0 Å². The van der Waals surface area contributed by atoms with E-state index in [2.05, 4.69) is 13.8 Å². The van der Waals surface area contributed by atoms with E-state index in [1.807, 2.05) is 26.8 Å². The van der Waals surface area contributed by atoms with Gasteiger partial charge in [-0.3, -0.25) is 4.79 Å². The summed E-state index contributed by atoms with van der Waals surface area (Å²) in [7, 11) is 0. The van der Waals surface area contributed by atoms with Crippen LogP contribution in [-0.4, -0.2) is 12.6 Å². The molecule has 0 N–H and O–H groups in total. The first-order valence-electron chi connectivity index (χ1n) is 5.82. The Kier molecular flexibility index (Phi) is 6.10. The van der Waals surface area contributed by atoms with E-state index < -0.39 is 0 Å². The summed E-state index contributed by atoms with van der Waals surface area (Å²) in [5, 5.41) is 8.38. The van der Waals surface area contributed by atoms with E-state index in [4.69, 9.17) is 10.00 Å². The van der Waals surface area contributed by atoms with Gasteiger partial charge < -0.3 is 4.74 Å². The molecule has 0 bridgehead atoms. The molecule has 0 aliphatic heterocycles. The molecule has 0 aromatic rings. The normalized spacial score (nSPS) is 13.3. The zero-order valence-corrected chi connectivity index (χ0v) is 11.0. The van der Waals surface area contributed by atoms with Crippen LogP contribution in [0.3, 0.4) is 0 Å². The van der Waals surface area contributed by atoms with Gasteiger partial charge in [-0.2, -0.15) is 5.26 Å². The molecule has 1 unspecified atom stereocenters. The minimum Gasteiger partial charge on any atom is -0.464 e. The molecule has 0 rings (SSSR count). The molecule has 0 aliphatic carbocycles. The lowest BCUT2D eigenvalue weighted by molar-refractivity contribution is -0.153. The first-order valence-corrected chi connectivity index (χ1v) is 5.82. The van der Waals surface area contributed by atoms with Crippen molar-refractivity contribution in [2.75, 3.05) is 6.61 Å². The van der Waals surface area contributed by atoms with E-state index >= 15 is 0 Å². The van der Waals surface area contributed by atoms with Crippen molar-refractivity contribution in [3.05, 3.63) is 0 Å². The summed E-state index contributed by atoms with van der Waals surface area (Å²) in [5.74, 6) is 0.204. The van der Waals surface area contributed by atoms with Crippen LogP contribution in [0.5, 0.6) is 0 Å². The predicted octanol–water partition coefficient (Wildman–Crippen LogP) is 3.15. The fourth-order valence-electron chi connectivity index (χ4n) is 1.57. The van der Waals surface area contributed by atoms with Crippen molar-refractivity contribution in [1.82, 2.24) is 0 Å². The van der Waals surface area contributed by atoms with Gasteiger partial charge in [0.05, 0.1) is 18.4 Å². The summed E-state index contributed by atoms with van der Waals surface area (Å²) in [5.41, 5.74) is -0.0893. The summed E-state index contributed by atoms with van der Waals surface area (Å²) >= 11 is 0. The number of rotatable bonds is 5. The first-order chi connectivity index (χ1) is 7.29. The fourth-order valence-corrected chi connectivity index (χ4v) is 1.57. The van der Waals surface area contributed by atoms with Gasteiger partial charge in [-0.1, -0.05) is 34.6 Å². The third-order valence-corrected chi connectivity index (χ3v) is 2.50. The van der Waals surface area contributed by atoms with Crippen molar-refractivity contribution in [2.24, 2.45) is 17.3 Å². The molecule has 1 atom stereocenters. The van der Waals surface area contributed by atoms with Crippen molar-refractivity contribution in [3.63, 3.8) is 0 Å². The zero-order chi connectivity index (χ0) is 12.8. The second-order valence-corrected chi connectivity index (χ2v) is 5.62. The van der Waals surface area contributed by atoms with Crippen molar-refractivity contribution in [3.8, 4) is 6.07 Å². The molecule has 92 valence electrons. The van der Waals surface area contributed by atoms with Crippen LogP contribution in [0.15, 0.2) is 0 Å². The van der Waals surface area contributed by atoms with Crippen LogP contribution in [-0.2, 0) is 9.53 Å². The van der Waals surface area contributed by atoms with E-state index in [9.17, 15) is 4.79 Å². The van der Waals surface area contributed by atoms with Crippen molar-refractivity contribution < 1.29 is 9.53 Å². The number of esters is 1. The minimum atomic E-state index is -0.170. The molecule has 3 nitrogen and oxygen atoms in total. The van der Waals surface area contributed by atoms with Crippen LogP contribution in [0.1, 0.15) is 47.5 Å². The molecule has 0 aromatic heterocycles. The number of ether oxygens (including phenoxy) is 1. The molecule has 0 fully saturated rings. The Labute approximate surface area is 98.8 Å². The highest BCUT2D eigenvalue weighted by molar-refractivity contribution is 5.73. The molecule has 0 aromatic carbocycles. The number of nitriles is 1. The summed E-state index contributed by atoms with van der Waals surface area (Å²) in [6.07, 6.45) is 1.10. The fraction of sp³-hybridized carbons (Fsp3) is 0.846. The number of carbonyl (C=O) groups excluding carboxylic acids is 1. The van der Waals surface area contributed by atoms with E-state index in [0.717, 1.165) is 6.42 Å². The molecular weight excluding hydrogens is 202 g/mol. The lowest BCUT2D eigenvalue weighted by Crippen LogP contribution is -2.31. The summed E-state index contributed by atoms with van der Waals surface area (Å²) < 4.78 is 5.11. The second kappa shape index (κ2) is 6.52. The Hall–Kier alpha value is -1.04. The summed E-state index contributed by atoms with van der Waals surface area (Å²) in [6.45, 7) is 10.5. The Bertz CT molecular complexity index is 258. The van der Waals surface area contributed by atoms with Crippen LogP contribution in [0.4, 0.5) is 0 Å². The Balaban J connectivity index is 4.41. The van der Waals surface area contributed by atoms with Gasteiger partial charge in [0.1, 0.15) is 6.61 Å². The lowest BCUT2D eigenvalue weighted by Gasteiger charge is -2.30. The number of hydrogen-bond acceptors (Lipinski definition) is 3. The van der Waals surface area contributed by atoms with E-state index in [1.54, 1.807) is 0 Å². The van der Waals surface area contributed by atoms with Crippen LogP contribution in [0, 0.1) is 28.6 Å². The van der Waals surface area contributed by atoms with E-state index in [0.29, 0.717) is 5.92 Å². The van der Waals surface area contributed by atoms with Gasteiger partial charge in [-0.05, 0) is 17.8 Å². The van der Waals surface area contributed by atoms with Crippen LogP contribution in [0.2, 0.25) is 0 Å². The molecule has 0 amide bonds. The molecule has 0 saturated heterocycles. The van der Waals surface area contributed by atoms with Gasteiger partial charge in [0.15, 0.2) is 0 Å².